The largest absolute Gasteiger partial charge is 0.360 e. The van der Waals surface area contributed by atoms with Gasteiger partial charge in [0.15, 0.2) is 5.69 Å². The van der Waals surface area contributed by atoms with Crippen LogP contribution in [0.3, 0.4) is 0 Å². The van der Waals surface area contributed by atoms with E-state index in [1.807, 2.05) is 0 Å². The highest BCUT2D eigenvalue weighted by Gasteiger charge is 2.30. The van der Waals surface area contributed by atoms with Crippen LogP contribution in [0.15, 0.2) is 28.9 Å². The van der Waals surface area contributed by atoms with E-state index in [9.17, 15) is 4.79 Å². The van der Waals surface area contributed by atoms with E-state index in [-0.39, 0.29) is 5.91 Å². The number of rotatable bonds is 3. The van der Waals surface area contributed by atoms with Gasteiger partial charge in [-0.25, -0.2) is 4.98 Å². The summed E-state index contributed by atoms with van der Waals surface area (Å²) in [7, 11) is 0. The van der Waals surface area contributed by atoms with Crippen LogP contribution in [-0.4, -0.2) is 47.1 Å². The number of carbonyl (C=O) groups excluding carboxylic acids is 1. The lowest BCUT2D eigenvalue weighted by atomic mass is 10.2. The molecule has 2 fully saturated rings. The second kappa shape index (κ2) is 5.96. The minimum atomic E-state index is -0.0796. The van der Waals surface area contributed by atoms with Gasteiger partial charge in [-0.15, -0.1) is 0 Å². The van der Waals surface area contributed by atoms with E-state index in [1.165, 1.54) is 0 Å². The van der Waals surface area contributed by atoms with Gasteiger partial charge in [0.1, 0.15) is 11.6 Å². The van der Waals surface area contributed by atoms with Gasteiger partial charge in [-0.1, -0.05) is 5.16 Å². The van der Waals surface area contributed by atoms with Crippen molar-refractivity contribution in [2.24, 2.45) is 0 Å². The van der Waals surface area contributed by atoms with E-state index in [0.29, 0.717) is 43.4 Å². The van der Waals surface area contributed by atoms with Crippen molar-refractivity contribution >= 4 is 11.7 Å². The molecule has 0 radical (unpaired) electrons. The average molecular weight is 323 g/mol. The van der Waals surface area contributed by atoms with Crippen molar-refractivity contribution in [1.82, 2.24) is 15.0 Å². The van der Waals surface area contributed by atoms with Crippen LogP contribution in [0.25, 0.3) is 0 Å². The third-order valence-electron chi connectivity index (χ3n) is 4.49. The first-order chi connectivity index (χ1) is 11.7. The summed E-state index contributed by atoms with van der Waals surface area (Å²) in [5.41, 5.74) is 0.990. The molecule has 24 heavy (non-hydrogen) atoms. The summed E-state index contributed by atoms with van der Waals surface area (Å²) in [6.07, 6.45) is 3.88. The summed E-state index contributed by atoms with van der Waals surface area (Å²) in [6, 6.07) is 7.36. The number of anilines is 1. The zero-order valence-electron chi connectivity index (χ0n) is 13.2. The lowest BCUT2D eigenvalue weighted by Crippen LogP contribution is -2.49. The van der Waals surface area contributed by atoms with Gasteiger partial charge in [-0.3, -0.25) is 4.79 Å². The monoisotopic (exact) mass is 323 g/mol. The van der Waals surface area contributed by atoms with Crippen LogP contribution in [0, 0.1) is 11.3 Å². The van der Waals surface area contributed by atoms with E-state index >= 15 is 0 Å². The number of carbonyl (C=O) groups is 1. The third-order valence-corrected chi connectivity index (χ3v) is 4.49. The summed E-state index contributed by atoms with van der Waals surface area (Å²) >= 11 is 0. The normalized spacial score (nSPS) is 17.6. The second-order valence-corrected chi connectivity index (χ2v) is 6.18. The Morgan fingerprint density at radius 2 is 2.04 bits per heavy atom. The van der Waals surface area contributed by atoms with Crippen LogP contribution in [0.4, 0.5) is 5.82 Å². The van der Waals surface area contributed by atoms with Crippen molar-refractivity contribution in [3.8, 4) is 6.07 Å². The Morgan fingerprint density at radius 1 is 1.25 bits per heavy atom. The molecule has 2 aliphatic rings. The van der Waals surface area contributed by atoms with Gasteiger partial charge in [-0.2, -0.15) is 5.26 Å². The molecule has 0 aromatic carbocycles. The van der Waals surface area contributed by atoms with Crippen molar-refractivity contribution in [3.05, 3.63) is 41.4 Å². The third kappa shape index (κ3) is 2.83. The molecule has 0 bridgehead atoms. The lowest BCUT2D eigenvalue weighted by Gasteiger charge is -2.35. The molecule has 0 atom stereocenters. The topological polar surface area (TPSA) is 86.3 Å². The first kappa shape index (κ1) is 14.7. The van der Waals surface area contributed by atoms with Gasteiger partial charge < -0.3 is 14.3 Å². The Kier molecular flexibility index (Phi) is 3.65. The molecular weight excluding hydrogens is 306 g/mol. The number of hydrogen-bond donors (Lipinski definition) is 0. The second-order valence-electron chi connectivity index (χ2n) is 6.18. The van der Waals surface area contributed by atoms with Crippen LogP contribution >= 0.6 is 0 Å². The van der Waals surface area contributed by atoms with Gasteiger partial charge in [0.2, 0.25) is 0 Å². The van der Waals surface area contributed by atoms with E-state index in [4.69, 9.17) is 9.78 Å². The van der Waals surface area contributed by atoms with Crippen molar-refractivity contribution < 1.29 is 9.32 Å². The fourth-order valence-corrected chi connectivity index (χ4v) is 2.91. The summed E-state index contributed by atoms with van der Waals surface area (Å²) < 4.78 is 5.27. The van der Waals surface area contributed by atoms with Crippen molar-refractivity contribution in [3.63, 3.8) is 0 Å². The van der Waals surface area contributed by atoms with E-state index in [2.05, 4.69) is 21.1 Å². The van der Waals surface area contributed by atoms with Crippen molar-refractivity contribution in [2.75, 3.05) is 31.1 Å². The van der Waals surface area contributed by atoms with Crippen LogP contribution in [0.2, 0.25) is 0 Å². The highest BCUT2D eigenvalue weighted by atomic mass is 16.5. The number of piperazine rings is 1. The van der Waals surface area contributed by atoms with Gasteiger partial charge in [-0.05, 0) is 25.0 Å². The zero-order chi connectivity index (χ0) is 16.5. The highest BCUT2D eigenvalue weighted by Crippen LogP contribution is 2.40. The summed E-state index contributed by atoms with van der Waals surface area (Å²) in [6.45, 7) is 2.56. The molecule has 0 N–H and O–H groups in total. The predicted molar refractivity (Wildman–Crippen MR) is 85.5 cm³/mol. The Hall–Kier alpha value is -2.88. The fraction of sp³-hybridized carbons (Fsp3) is 0.412. The highest BCUT2D eigenvalue weighted by molar-refractivity contribution is 5.92. The van der Waals surface area contributed by atoms with Crippen LogP contribution in [0.1, 0.15) is 40.6 Å². The molecular formula is C17H17N5O2. The molecule has 1 aliphatic carbocycles. The molecule has 0 spiro atoms. The Labute approximate surface area is 139 Å². The van der Waals surface area contributed by atoms with E-state index in [1.54, 1.807) is 29.3 Å². The smallest absolute Gasteiger partial charge is 0.276 e. The molecule has 1 saturated carbocycles. The Morgan fingerprint density at radius 3 is 2.75 bits per heavy atom. The molecule has 2 aromatic rings. The summed E-state index contributed by atoms with van der Waals surface area (Å²) in [5, 5.41) is 12.9. The SMILES string of the molecule is N#Cc1ccnc(N2CCN(C(=O)c3cc(C4CC4)on3)CC2)c1. The first-order valence-corrected chi connectivity index (χ1v) is 8.11. The fourth-order valence-electron chi connectivity index (χ4n) is 2.91. The van der Waals surface area contributed by atoms with Crippen molar-refractivity contribution in [2.45, 2.75) is 18.8 Å². The predicted octanol–water partition coefficient (Wildman–Crippen LogP) is 1.78. The number of aromatic nitrogens is 2. The standard InChI is InChI=1S/C17H17N5O2/c18-11-12-3-4-19-16(9-12)21-5-7-22(8-6-21)17(23)14-10-15(24-20-14)13-1-2-13/h3-4,9-10,13H,1-2,5-8H2. The average Bonchev–Trinajstić information content (AvgIpc) is 3.38. The van der Waals surface area contributed by atoms with Gasteiger partial charge in [0.25, 0.3) is 5.91 Å². The zero-order valence-corrected chi connectivity index (χ0v) is 13.2. The maximum Gasteiger partial charge on any atom is 0.276 e. The minimum absolute atomic E-state index is 0.0796. The molecule has 1 amide bonds. The molecule has 1 aliphatic heterocycles. The maximum atomic E-state index is 12.5. The molecule has 2 aromatic heterocycles. The van der Waals surface area contributed by atoms with Crippen molar-refractivity contribution in [1.29, 1.82) is 5.26 Å². The van der Waals surface area contributed by atoms with Gasteiger partial charge in [0, 0.05) is 44.4 Å². The number of amides is 1. The molecule has 0 unspecified atom stereocenters. The van der Waals surface area contributed by atoms with Gasteiger partial charge in [0.05, 0.1) is 11.6 Å². The molecule has 7 nitrogen and oxygen atoms in total. The quantitative estimate of drug-likeness (QED) is 0.856. The molecule has 3 heterocycles. The molecule has 122 valence electrons. The number of hydrogen-bond acceptors (Lipinski definition) is 6. The number of nitrogens with zero attached hydrogens (tertiary/aromatic N) is 5. The van der Waals surface area contributed by atoms with Crippen LogP contribution in [-0.2, 0) is 0 Å². The summed E-state index contributed by atoms with van der Waals surface area (Å²) in [5.74, 6) is 1.98. The molecule has 7 heteroatoms. The first-order valence-electron chi connectivity index (χ1n) is 8.11. The lowest BCUT2D eigenvalue weighted by molar-refractivity contribution is 0.0736. The number of nitriles is 1. The molecule has 4 rings (SSSR count). The van der Waals surface area contributed by atoms with Crippen LogP contribution in [0.5, 0.6) is 0 Å². The van der Waals surface area contributed by atoms with E-state index in [0.717, 1.165) is 24.4 Å². The van der Waals surface area contributed by atoms with Gasteiger partial charge >= 0.3 is 0 Å². The Bertz CT molecular complexity index is 797. The number of pyridine rings is 1. The van der Waals surface area contributed by atoms with Crippen LogP contribution < -0.4 is 4.90 Å². The Balaban J connectivity index is 1.39. The molecule has 1 saturated heterocycles. The summed E-state index contributed by atoms with van der Waals surface area (Å²) in [4.78, 5) is 20.7. The minimum Gasteiger partial charge on any atom is -0.360 e. The van der Waals surface area contributed by atoms with E-state index < -0.39 is 0 Å². The maximum absolute atomic E-state index is 12.5.